The van der Waals surface area contributed by atoms with Crippen molar-refractivity contribution in [3.8, 4) is 5.88 Å². The summed E-state index contributed by atoms with van der Waals surface area (Å²) in [5.41, 5.74) is 0. The number of sulfonamides is 1. The van der Waals surface area contributed by atoms with E-state index < -0.39 is 22.0 Å². The summed E-state index contributed by atoms with van der Waals surface area (Å²) in [5.74, 6) is -1.32. The second-order valence-corrected chi connectivity index (χ2v) is 5.93. The zero-order valence-electron chi connectivity index (χ0n) is 10.8. The molecule has 7 nitrogen and oxygen atoms in total. The van der Waals surface area contributed by atoms with E-state index in [-0.39, 0.29) is 16.7 Å². The van der Waals surface area contributed by atoms with Crippen LogP contribution in [0.3, 0.4) is 0 Å². The van der Waals surface area contributed by atoms with Gasteiger partial charge in [-0.25, -0.2) is 13.4 Å². The molecule has 0 spiro atoms. The summed E-state index contributed by atoms with van der Waals surface area (Å²) in [6.45, 7) is 3.24. The van der Waals surface area contributed by atoms with Crippen LogP contribution in [0.5, 0.6) is 5.88 Å². The largest absolute Gasteiger partial charge is 0.481 e. The summed E-state index contributed by atoms with van der Waals surface area (Å²) in [6.07, 6.45) is 1.11. The van der Waals surface area contributed by atoms with Crippen LogP contribution in [-0.4, -0.2) is 37.6 Å². The number of carbonyl (C=O) groups is 1. The lowest BCUT2D eigenvalue weighted by Crippen LogP contribution is -2.44. The van der Waals surface area contributed by atoms with E-state index in [2.05, 4.69) is 9.71 Å². The summed E-state index contributed by atoms with van der Waals surface area (Å²) in [6, 6.07) is 1.50. The fraction of sp³-hybridized carbons (Fsp3) is 0.455. The van der Waals surface area contributed by atoms with Crippen LogP contribution in [0.25, 0.3) is 0 Å². The first-order valence-corrected chi connectivity index (χ1v) is 7.01. The van der Waals surface area contributed by atoms with Crippen molar-refractivity contribution in [3.05, 3.63) is 18.3 Å². The molecule has 0 unspecified atom stereocenters. The molecular weight excluding hydrogens is 272 g/mol. The lowest BCUT2D eigenvalue weighted by atomic mass is 10.1. The van der Waals surface area contributed by atoms with E-state index in [1.165, 1.54) is 19.2 Å². The highest BCUT2D eigenvalue weighted by molar-refractivity contribution is 7.89. The average molecular weight is 288 g/mol. The molecule has 0 aliphatic carbocycles. The first-order valence-electron chi connectivity index (χ1n) is 5.53. The van der Waals surface area contributed by atoms with Gasteiger partial charge in [-0.15, -0.1) is 0 Å². The highest BCUT2D eigenvalue weighted by atomic mass is 32.2. The van der Waals surface area contributed by atoms with Gasteiger partial charge >= 0.3 is 5.97 Å². The van der Waals surface area contributed by atoms with Gasteiger partial charge in [-0.1, -0.05) is 13.8 Å². The van der Waals surface area contributed by atoms with E-state index in [0.29, 0.717) is 0 Å². The normalized spacial score (nSPS) is 13.3. The van der Waals surface area contributed by atoms with Gasteiger partial charge in [0.05, 0.1) is 13.3 Å². The Bertz CT molecular complexity index is 539. The highest BCUT2D eigenvalue weighted by Gasteiger charge is 2.28. The van der Waals surface area contributed by atoms with Gasteiger partial charge in [-0.05, 0) is 12.0 Å². The number of carboxylic acids is 1. The maximum absolute atomic E-state index is 12.0. The quantitative estimate of drug-likeness (QED) is 0.788. The molecule has 0 amide bonds. The fourth-order valence-corrected chi connectivity index (χ4v) is 2.64. The molecule has 19 heavy (non-hydrogen) atoms. The Kier molecular flexibility index (Phi) is 4.84. The van der Waals surface area contributed by atoms with Gasteiger partial charge in [0.1, 0.15) is 10.9 Å². The van der Waals surface area contributed by atoms with Gasteiger partial charge < -0.3 is 9.84 Å². The Hall–Kier alpha value is -1.67. The van der Waals surface area contributed by atoms with Crippen molar-refractivity contribution >= 4 is 16.0 Å². The predicted molar refractivity (Wildman–Crippen MR) is 67.4 cm³/mol. The smallest absolute Gasteiger partial charge is 0.322 e. The minimum Gasteiger partial charge on any atom is -0.481 e. The average Bonchev–Trinajstić information content (AvgIpc) is 2.35. The Balaban J connectivity index is 2.99. The third-order valence-corrected chi connectivity index (χ3v) is 3.87. The first-order chi connectivity index (χ1) is 8.77. The highest BCUT2D eigenvalue weighted by Crippen LogP contribution is 2.14. The van der Waals surface area contributed by atoms with Gasteiger partial charge in [0.15, 0.2) is 0 Å². The summed E-state index contributed by atoms with van der Waals surface area (Å²) in [4.78, 5) is 14.6. The van der Waals surface area contributed by atoms with Crippen LogP contribution >= 0.6 is 0 Å². The maximum atomic E-state index is 12.0. The molecule has 0 aliphatic heterocycles. The van der Waals surface area contributed by atoms with Gasteiger partial charge in [0.2, 0.25) is 15.9 Å². The second-order valence-electron chi connectivity index (χ2n) is 4.22. The molecule has 0 radical (unpaired) electrons. The number of aliphatic carboxylic acids is 1. The number of hydrogen-bond acceptors (Lipinski definition) is 5. The number of nitrogens with zero attached hydrogens (tertiary/aromatic N) is 1. The monoisotopic (exact) mass is 288 g/mol. The number of methoxy groups -OCH3 is 1. The molecular formula is C11H16N2O5S. The summed E-state index contributed by atoms with van der Waals surface area (Å²) in [5, 5.41) is 8.97. The lowest BCUT2D eigenvalue weighted by Gasteiger charge is -2.17. The van der Waals surface area contributed by atoms with Crippen LogP contribution in [0.2, 0.25) is 0 Å². The standard InChI is InChI=1S/C11H16N2O5S/c1-7(2)10(11(14)15)13-19(16,17)8-4-5-9(18-3)12-6-8/h4-7,10,13H,1-3H3,(H,14,15)/t10-/m0/s1. The van der Waals surface area contributed by atoms with Crippen molar-refractivity contribution in [2.75, 3.05) is 7.11 Å². The molecule has 8 heteroatoms. The molecule has 1 atom stereocenters. The molecule has 0 aliphatic rings. The van der Waals surface area contributed by atoms with Gasteiger partial charge in [-0.3, -0.25) is 4.79 Å². The lowest BCUT2D eigenvalue weighted by molar-refractivity contribution is -0.140. The molecule has 1 aromatic rings. The zero-order valence-corrected chi connectivity index (χ0v) is 11.6. The Labute approximate surface area is 111 Å². The Morgan fingerprint density at radius 2 is 2.05 bits per heavy atom. The molecule has 1 aromatic heterocycles. The maximum Gasteiger partial charge on any atom is 0.322 e. The molecule has 0 aromatic carbocycles. The SMILES string of the molecule is COc1ccc(S(=O)(=O)N[C@H](C(=O)O)C(C)C)cn1. The zero-order chi connectivity index (χ0) is 14.6. The number of hydrogen-bond donors (Lipinski definition) is 2. The topological polar surface area (TPSA) is 106 Å². The van der Waals surface area contributed by atoms with E-state index in [1.54, 1.807) is 13.8 Å². The van der Waals surface area contributed by atoms with Crippen molar-refractivity contribution in [2.24, 2.45) is 5.92 Å². The molecule has 0 saturated carbocycles. The summed E-state index contributed by atoms with van der Waals surface area (Å²) >= 11 is 0. The van der Waals surface area contributed by atoms with Crippen molar-refractivity contribution < 1.29 is 23.1 Å². The number of ether oxygens (including phenoxy) is 1. The molecule has 1 heterocycles. The minimum atomic E-state index is -3.92. The number of aromatic nitrogens is 1. The van der Waals surface area contributed by atoms with Crippen LogP contribution in [-0.2, 0) is 14.8 Å². The summed E-state index contributed by atoms with van der Waals surface area (Å²) in [7, 11) is -2.51. The third kappa shape index (κ3) is 3.90. The van der Waals surface area contributed by atoms with Crippen LogP contribution in [0.15, 0.2) is 23.2 Å². The number of rotatable bonds is 6. The Morgan fingerprint density at radius 1 is 1.42 bits per heavy atom. The molecule has 1 rings (SSSR count). The Morgan fingerprint density at radius 3 is 2.42 bits per heavy atom. The van der Waals surface area contributed by atoms with Crippen molar-refractivity contribution in [1.29, 1.82) is 0 Å². The van der Waals surface area contributed by atoms with Crippen molar-refractivity contribution in [1.82, 2.24) is 9.71 Å². The molecule has 0 bridgehead atoms. The van der Waals surface area contributed by atoms with E-state index in [9.17, 15) is 13.2 Å². The van der Waals surface area contributed by atoms with Gasteiger partial charge in [-0.2, -0.15) is 4.72 Å². The minimum absolute atomic E-state index is 0.111. The predicted octanol–water partition coefficient (Wildman–Crippen LogP) is 0.478. The van der Waals surface area contributed by atoms with E-state index >= 15 is 0 Å². The molecule has 2 N–H and O–H groups in total. The van der Waals surface area contributed by atoms with Crippen LogP contribution in [0.4, 0.5) is 0 Å². The van der Waals surface area contributed by atoms with Crippen molar-refractivity contribution in [3.63, 3.8) is 0 Å². The molecule has 106 valence electrons. The van der Waals surface area contributed by atoms with Gasteiger partial charge in [0.25, 0.3) is 0 Å². The second kappa shape index (κ2) is 5.98. The van der Waals surface area contributed by atoms with Crippen LogP contribution in [0, 0.1) is 5.92 Å². The van der Waals surface area contributed by atoms with Crippen LogP contribution < -0.4 is 9.46 Å². The van der Waals surface area contributed by atoms with Crippen LogP contribution in [0.1, 0.15) is 13.8 Å². The summed E-state index contributed by atoms with van der Waals surface area (Å²) < 4.78 is 30.9. The van der Waals surface area contributed by atoms with E-state index in [1.807, 2.05) is 0 Å². The fourth-order valence-electron chi connectivity index (χ4n) is 1.35. The first kappa shape index (κ1) is 15.4. The van der Waals surface area contributed by atoms with E-state index in [0.717, 1.165) is 6.20 Å². The van der Waals surface area contributed by atoms with Gasteiger partial charge in [0, 0.05) is 6.07 Å². The number of pyridine rings is 1. The molecule has 0 saturated heterocycles. The third-order valence-electron chi connectivity index (χ3n) is 2.44. The molecule has 0 fully saturated rings. The number of carboxylic acid groups (broad SMARTS) is 1. The van der Waals surface area contributed by atoms with E-state index in [4.69, 9.17) is 9.84 Å². The van der Waals surface area contributed by atoms with Crippen molar-refractivity contribution in [2.45, 2.75) is 24.8 Å². The number of nitrogens with one attached hydrogen (secondary N) is 1.